The molecule has 0 aliphatic carbocycles. The standard InChI is InChI=1S/C11H12N2OS/c1-2-6-12-11-8(4-1)10(13-14-11)9-5-3-7-15-9/h3,5,7,12H,1-2,4,6H2. The number of hydrogen-bond acceptors (Lipinski definition) is 4. The van der Waals surface area contributed by atoms with Gasteiger partial charge in [0.1, 0.15) is 5.69 Å². The first-order valence-electron chi connectivity index (χ1n) is 5.21. The maximum Gasteiger partial charge on any atom is 0.228 e. The van der Waals surface area contributed by atoms with Gasteiger partial charge >= 0.3 is 0 Å². The highest BCUT2D eigenvalue weighted by molar-refractivity contribution is 7.13. The summed E-state index contributed by atoms with van der Waals surface area (Å²) in [5.41, 5.74) is 2.27. The van der Waals surface area contributed by atoms with Gasteiger partial charge in [-0.05, 0) is 30.7 Å². The second-order valence-corrected chi connectivity index (χ2v) is 4.65. The molecule has 0 radical (unpaired) electrons. The van der Waals surface area contributed by atoms with Crippen LogP contribution < -0.4 is 5.32 Å². The van der Waals surface area contributed by atoms with Gasteiger partial charge in [-0.2, -0.15) is 0 Å². The molecule has 3 nitrogen and oxygen atoms in total. The summed E-state index contributed by atoms with van der Waals surface area (Å²) in [4.78, 5) is 1.20. The maximum atomic E-state index is 5.34. The van der Waals surface area contributed by atoms with Crippen molar-refractivity contribution in [1.82, 2.24) is 5.16 Å². The Hall–Kier alpha value is -1.29. The van der Waals surface area contributed by atoms with Crippen LogP contribution in [-0.2, 0) is 6.42 Å². The molecule has 0 aromatic carbocycles. The molecule has 0 unspecified atom stereocenters. The number of rotatable bonds is 1. The van der Waals surface area contributed by atoms with E-state index in [1.807, 2.05) is 6.07 Å². The van der Waals surface area contributed by atoms with Crippen molar-refractivity contribution in [3.63, 3.8) is 0 Å². The fraction of sp³-hybridized carbons (Fsp3) is 0.364. The molecule has 0 atom stereocenters. The predicted octanol–water partition coefficient (Wildman–Crippen LogP) is 3.15. The molecule has 2 aromatic heterocycles. The molecule has 0 saturated carbocycles. The second-order valence-electron chi connectivity index (χ2n) is 3.70. The molecule has 0 bridgehead atoms. The van der Waals surface area contributed by atoms with E-state index < -0.39 is 0 Å². The summed E-state index contributed by atoms with van der Waals surface area (Å²) in [5, 5.41) is 9.51. The number of aromatic nitrogens is 1. The molecule has 1 N–H and O–H groups in total. The van der Waals surface area contributed by atoms with Crippen LogP contribution in [0.5, 0.6) is 0 Å². The molecule has 0 fully saturated rings. The average Bonchev–Trinajstić information content (AvgIpc) is 2.83. The summed E-state index contributed by atoms with van der Waals surface area (Å²) >= 11 is 1.71. The lowest BCUT2D eigenvalue weighted by Gasteiger charge is -1.97. The van der Waals surface area contributed by atoms with Gasteiger partial charge in [0.25, 0.3) is 0 Å². The minimum absolute atomic E-state index is 0.871. The Kier molecular flexibility index (Phi) is 2.21. The van der Waals surface area contributed by atoms with E-state index >= 15 is 0 Å². The number of nitrogens with zero attached hydrogens (tertiary/aromatic N) is 1. The van der Waals surface area contributed by atoms with E-state index in [1.165, 1.54) is 23.3 Å². The van der Waals surface area contributed by atoms with Gasteiger partial charge in [0, 0.05) is 12.1 Å². The van der Waals surface area contributed by atoms with Crippen LogP contribution in [0.25, 0.3) is 10.6 Å². The molecule has 0 saturated heterocycles. The van der Waals surface area contributed by atoms with Crippen LogP contribution in [0.15, 0.2) is 22.0 Å². The van der Waals surface area contributed by atoms with Crippen LogP contribution >= 0.6 is 11.3 Å². The zero-order chi connectivity index (χ0) is 10.1. The molecule has 4 heteroatoms. The zero-order valence-corrected chi connectivity index (χ0v) is 9.14. The summed E-state index contributed by atoms with van der Waals surface area (Å²) in [6, 6.07) is 4.14. The van der Waals surface area contributed by atoms with Gasteiger partial charge in [0.2, 0.25) is 5.88 Å². The number of anilines is 1. The van der Waals surface area contributed by atoms with Crippen molar-refractivity contribution >= 4 is 17.2 Å². The van der Waals surface area contributed by atoms with E-state index in [-0.39, 0.29) is 0 Å². The predicted molar refractivity (Wildman–Crippen MR) is 61.2 cm³/mol. The Morgan fingerprint density at radius 3 is 3.27 bits per heavy atom. The zero-order valence-electron chi connectivity index (χ0n) is 8.32. The van der Waals surface area contributed by atoms with E-state index in [1.54, 1.807) is 11.3 Å². The van der Waals surface area contributed by atoms with Gasteiger partial charge in [0.15, 0.2) is 0 Å². The summed E-state index contributed by atoms with van der Waals surface area (Å²) in [7, 11) is 0. The first-order valence-corrected chi connectivity index (χ1v) is 6.09. The monoisotopic (exact) mass is 220 g/mol. The minimum atomic E-state index is 0.871. The molecule has 0 amide bonds. The lowest BCUT2D eigenvalue weighted by atomic mass is 10.1. The SMILES string of the molecule is c1csc(-c2noc3c2CCCCN3)c1. The normalized spacial score (nSPS) is 15.5. The quantitative estimate of drug-likeness (QED) is 0.802. The highest BCUT2D eigenvalue weighted by atomic mass is 32.1. The van der Waals surface area contributed by atoms with Crippen molar-refractivity contribution in [2.24, 2.45) is 0 Å². The van der Waals surface area contributed by atoms with Gasteiger partial charge in [-0.3, -0.25) is 0 Å². The van der Waals surface area contributed by atoms with Gasteiger partial charge in [-0.15, -0.1) is 11.3 Å². The molecule has 3 heterocycles. The average molecular weight is 220 g/mol. The molecular weight excluding hydrogens is 208 g/mol. The van der Waals surface area contributed by atoms with Crippen LogP contribution in [0, 0.1) is 0 Å². The van der Waals surface area contributed by atoms with Crippen LogP contribution in [0.4, 0.5) is 5.88 Å². The number of fused-ring (bicyclic) bond motifs is 1. The van der Waals surface area contributed by atoms with Crippen molar-refractivity contribution in [2.75, 3.05) is 11.9 Å². The van der Waals surface area contributed by atoms with Crippen LogP contribution in [0.1, 0.15) is 18.4 Å². The largest absolute Gasteiger partial charge is 0.354 e. The second kappa shape index (κ2) is 3.70. The lowest BCUT2D eigenvalue weighted by molar-refractivity contribution is 0.435. The summed E-state index contributed by atoms with van der Waals surface area (Å²) in [5.74, 6) is 0.871. The Balaban J connectivity index is 2.06. The fourth-order valence-corrected chi connectivity index (χ4v) is 2.65. The van der Waals surface area contributed by atoms with E-state index in [0.717, 1.165) is 24.5 Å². The van der Waals surface area contributed by atoms with Gasteiger partial charge in [-0.1, -0.05) is 11.2 Å². The highest BCUT2D eigenvalue weighted by Gasteiger charge is 2.19. The molecular formula is C11H12N2OS. The molecule has 3 rings (SSSR count). The van der Waals surface area contributed by atoms with Crippen molar-refractivity contribution < 1.29 is 4.52 Å². The summed E-state index contributed by atoms with van der Waals surface area (Å²) in [6.45, 7) is 0.992. The van der Waals surface area contributed by atoms with Crippen LogP contribution in [0.2, 0.25) is 0 Å². The van der Waals surface area contributed by atoms with Gasteiger partial charge < -0.3 is 9.84 Å². The maximum absolute atomic E-state index is 5.34. The molecule has 0 spiro atoms. The van der Waals surface area contributed by atoms with Crippen molar-refractivity contribution in [3.8, 4) is 10.6 Å². The first-order chi connectivity index (χ1) is 7.45. The smallest absolute Gasteiger partial charge is 0.228 e. The Morgan fingerprint density at radius 1 is 1.40 bits per heavy atom. The lowest BCUT2D eigenvalue weighted by Crippen LogP contribution is -1.97. The summed E-state index contributed by atoms with van der Waals surface area (Å²) < 4.78 is 5.34. The number of hydrogen-bond donors (Lipinski definition) is 1. The third kappa shape index (κ3) is 1.55. The van der Waals surface area contributed by atoms with E-state index in [0.29, 0.717) is 0 Å². The Labute approximate surface area is 92.1 Å². The number of nitrogens with one attached hydrogen (secondary N) is 1. The van der Waals surface area contributed by atoms with Crippen molar-refractivity contribution in [2.45, 2.75) is 19.3 Å². The van der Waals surface area contributed by atoms with Crippen LogP contribution in [-0.4, -0.2) is 11.7 Å². The number of thiophene rings is 1. The molecule has 2 aromatic rings. The van der Waals surface area contributed by atoms with E-state index in [2.05, 4.69) is 21.9 Å². The van der Waals surface area contributed by atoms with Crippen LogP contribution in [0.3, 0.4) is 0 Å². The Morgan fingerprint density at radius 2 is 2.40 bits per heavy atom. The molecule has 78 valence electrons. The summed E-state index contributed by atoms with van der Waals surface area (Å²) in [6.07, 6.45) is 3.48. The van der Waals surface area contributed by atoms with Crippen molar-refractivity contribution in [1.29, 1.82) is 0 Å². The molecule has 1 aliphatic heterocycles. The van der Waals surface area contributed by atoms with Gasteiger partial charge in [0.05, 0.1) is 4.88 Å². The Bertz CT molecular complexity index is 447. The van der Waals surface area contributed by atoms with Gasteiger partial charge in [-0.25, -0.2) is 0 Å². The third-order valence-electron chi connectivity index (χ3n) is 2.68. The molecule has 1 aliphatic rings. The highest BCUT2D eigenvalue weighted by Crippen LogP contribution is 2.33. The fourth-order valence-electron chi connectivity index (χ4n) is 1.92. The topological polar surface area (TPSA) is 38.1 Å². The third-order valence-corrected chi connectivity index (χ3v) is 3.56. The molecule has 15 heavy (non-hydrogen) atoms. The first kappa shape index (κ1) is 8.97. The minimum Gasteiger partial charge on any atom is -0.354 e. The van der Waals surface area contributed by atoms with E-state index in [9.17, 15) is 0 Å². The van der Waals surface area contributed by atoms with Crippen molar-refractivity contribution in [3.05, 3.63) is 23.1 Å². The van der Waals surface area contributed by atoms with E-state index in [4.69, 9.17) is 4.52 Å².